The first kappa shape index (κ1) is 14.0. The van der Waals surface area contributed by atoms with E-state index < -0.39 is 23.8 Å². The van der Waals surface area contributed by atoms with Crippen molar-refractivity contribution in [2.45, 2.75) is 6.42 Å². The highest BCUT2D eigenvalue weighted by Crippen LogP contribution is 2.48. The summed E-state index contributed by atoms with van der Waals surface area (Å²) in [5.74, 6) is -1.99. The summed E-state index contributed by atoms with van der Waals surface area (Å²) in [6.07, 6.45) is 4.62. The number of allylic oxidation sites excluding steroid dienone is 2. The highest BCUT2D eigenvalue weighted by Gasteiger charge is 2.53. The quantitative estimate of drug-likeness (QED) is 0.499. The number of aliphatic hydroxyl groups excluding tert-OH is 2. The summed E-state index contributed by atoms with van der Waals surface area (Å²) in [6, 6.07) is 0. The molecule has 6 heteroatoms. The smallest absolute Gasteiger partial charge is 0.310 e. The van der Waals surface area contributed by atoms with Gasteiger partial charge < -0.3 is 19.7 Å². The van der Waals surface area contributed by atoms with Crippen molar-refractivity contribution >= 4 is 11.9 Å². The minimum Gasteiger partial charge on any atom is -0.463 e. The lowest BCUT2D eigenvalue weighted by Crippen LogP contribution is -2.36. The molecule has 1 saturated carbocycles. The molecule has 2 rings (SSSR count). The molecule has 0 aromatic heterocycles. The van der Waals surface area contributed by atoms with Crippen molar-refractivity contribution in [2.24, 2.45) is 23.7 Å². The largest absolute Gasteiger partial charge is 0.463 e. The van der Waals surface area contributed by atoms with Gasteiger partial charge in [-0.05, 0) is 18.3 Å². The number of hydrogen-bond donors (Lipinski definition) is 2. The van der Waals surface area contributed by atoms with Crippen molar-refractivity contribution in [3.63, 3.8) is 0 Å². The second-order valence-corrected chi connectivity index (χ2v) is 4.78. The Balaban J connectivity index is 2.04. The predicted octanol–water partition coefficient (Wildman–Crippen LogP) is -0.504. The molecule has 2 bridgehead atoms. The Hall–Kier alpha value is -1.40. The van der Waals surface area contributed by atoms with Gasteiger partial charge in [0.1, 0.15) is 13.2 Å². The van der Waals surface area contributed by atoms with Gasteiger partial charge in [-0.3, -0.25) is 9.59 Å². The number of esters is 2. The van der Waals surface area contributed by atoms with Crippen molar-refractivity contribution in [1.29, 1.82) is 0 Å². The Bertz CT molecular complexity index is 343. The number of carbonyl (C=O) groups excluding carboxylic acids is 2. The van der Waals surface area contributed by atoms with Crippen molar-refractivity contribution < 1.29 is 29.3 Å². The second kappa shape index (κ2) is 6.16. The van der Waals surface area contributed by atoms with Crippen molar-refractivity contribution in [3.8, 4) is 0 Å². The Morgan fingerprint density at radius 2 is 1.37 bits per heavy atom. The molecule has 4 unspecified atom stereocenters. The Labute approximate surface area is 111 Å². The van der Waals surface area contributed by atoms with Crippen LogP contribution in [0, 0.1) is 23.7 Å². The van der Waals surface area contributed by atoms with E-state index in [4.69, 9.17) is 19.7 Å². The van der Waals surface area contributed by atoms with Gasteiger partial charge in [0.15, 0.2) is 0 Å². The molecule has 2 aliphatic carbocycles. The normalized spacial score (nSPS) is 31.5. The van der Waals surface area contributed by atoms with E-state index in [0.29, 0.717) is 0 Å². The van der Waals surface area contributed by atoms with E-state index in [0.717, 1.165) is 6.42 Å². The van der Waals surface area contributed by atoms with Crippen LogP contribution in [0.2, 0.25) is 0 Å². The van der Waals surface area contributed by atoms with Gasteiger partial charge in [-0.15, -0.1) is 0 Å². The zero-order valence-electron chi connectivity index (χ0n) is 10.5. The number of ether oxygens (including phenoxy) is 2. The molecule has 0 aliphatic heterocycles. The fourth-order valence-corrected chi connectivity index (χ4v) is 2.95. The molecule has 2 N–H and O–H groups in total. The molecule has 0 aromatic carbocycles. The lowest BCUT2D eigenvalue weighted by molar-refractivity contribution is -0.162. The van der Waals surface area contributed by atoms with Crippen LogP contribution >= 0.6 is 0 Å². The maximum atomic E-state index is 12.0. The SMILES string of the molecule is O=C(OCCO)C1C2C=CC(C2)C1C(=O)OCCO. The van der Waals surface area contributed by atoms with E-state index in [-0.39, 0.29) is 38.3 Å². The molecule has 0 amide bonds. The summed E-state index contributed by atoms with van der Waals surface area (Å²) in [5, 5.41) is 17.3. The monoisotopic (exact) mass is 270 g/mol. The first-order valence-electron chi connectivity index (χ1n) is 6.42. The molecular formula is C13H18O6. The molecular weight excluding hydrogens is 252 g/mol. The summed E-state index contributed by atoms with van der Waals surface area (Å²) < 4.78 is 9.87. The van der Waals surface area contributed by atoms with Crippen molar-refractivity contribution in [3.05, 3.63) is 12.2 Å². The number of aliphatic hydroxyl groups is 2. The topological polar surface area (TPSA) is 93.1 Å². The molecule has 4 atom stereocenters. The van der Waals surface area contributed by atoms with Crippen LogP contribution < -0.4 is 0 Å². The Morgan fingerprint density at radius 1 is 0.947 bits per heavy atom. The van der Waals surface area contributed by atoms with E-state index in [2.05, 4.69) is 0 Å². The summed E-state index contributed by atoms with van der Waals surface area (Å²) in [5.41, 5.74) is 0. The Morgan fingerprint density at radius 3 is 1.74 bits per heavy atom. The maximum absolute atomic E-state index is 12.0. The molecule has 0 radical (unpaired) electrons. The van der Waals surface area contributed by atoms with Crippen LogP contribution in [0.4, 0.5) is 0 Å². The first-order valence-corrected chi connectivity index (χ1v) is 6.42. The number of fused-ring (bicyclic) bond motifs is 2. The third-order valence-corrected chi connectivity index (χ3v) is 3.67. The van der Waals surface area contributed by atoms with E-state index in [1.54, 1.807) is 0 Å². The zero-order valence-corrected chi connectivity index (χ0v) is 10.5. The van der Waals surface area contributed by atoms with Gasteiger partial charge in [-0.25, -0.2) is 0 Å². The van der Waals surface area contributed by atoms with Gasteiger partial charge in [0.2, 0.25) is 0 Å². The minimum absolute atomic E-state index is 0.00266. The average Bonchev–Trinajstić information content (AvgIpc) is 3.02. The summed E-state index contributed by atoms with van der Waals surface area (Å²) in [7, 11) is 0. The number of carbonyl (C=O) groups is 2. The molecule has 0 saturated heterocycles. The highest BCUT2D eigenvalue weighted by molar-refractivity contribution is 5.84. The third kappa shape index (κ3) is 2.79. The number of rotatable bonds is 6. The molecule has 1 fully saturated rings. The molecule has 2 aliphatic rings. The van der Waals surface area contributed by atoms with E-state index in [9.17, 15) is 9.59 Å². The third-order valence-electron chi connectivity index (χ3n) is 3.67. The summed E-state index contributed by atoms with van der Waals surface area (Å²) in [4.78, 5) is 23.9. The van der Waals surface area contributed by atoms with Crippen molar-refractivity contribution in [1.82, 2.24) is 0 Å². The Kier molecular flexibility index (Phi) is 4.55. The van der Waals surface area contributed by atoms with Gasteiger partial charge >= 0.3 is 11.9 Å². The van der Waals surface area contributed by atoms with Gasteiger partial charge in [-0.2, -0.15) is 0 Å². The van der Waals surface area contributed by atoms with Gasteiger partial charge in [0, 0.05) is 0 Å². The van der Waals surface area contributed by atoms with Gasteiger partial charge in [0.25, 0.3) is 0 Å². The number of hydrogen-bond acceptors (Lipinski definition) is 6. The van der Waals surface area contributed by atoms with Crippen LogP contribution in [-0.2, 0) is 19.1 Å². The van der Waals surface area contributed by atoms with Crippen LogP contribution in [-0.4, -0.2) is 48.6 Å². The first-order chi connectivity index (χ1) is 9.19. The molecule has 6 nitrogen and oxygen atoms in total. The van der Waals surface area contributed by atoms with Crippen LogP contribution in [0.15, 0.2) is 12.2 Å². The van der Waals surface area contributed by atoms with E-state index >= 15 is 0 Å². The molecule has 19 heavy (non-hydrogen) atoms. The van der Waals surface area contributed by atoms with Crippen LogP contribution in [0.25, 0.3) is 0 Å². The van der Waals surface area contributed by atoms with Crippen LogP contribution in [0.1, 0.15) is 6.42 Å². The summed E-state index contributed by atoms with van der Waals surface area (Å²) in [6.45, 7) is -0.590. The van der Waals surface area contributed by atoms with Gasteiger partial charge in [-0.1, -0.05) is 12.2 Å². The van der Waals surface area contributed by atoms with Crippen LogP contribution in [0.3, 0.4) is 0 Å². The average molecular weight is 270 g/mol. The predicted molar refractivity (Wildman–Crippen MR) is 63.8 cm³/mol. The fraction of sp³-hybridized carbons (Fsp3) is 0.692. The molecule has 0 aromatic rings. The fourth-order valence-electron chi connectivity index (χ4n) is 2.95. The van der Waals surface area contributed by atoms with E-state index in [1.165, 1.54) is 0 Å². The molecule has 0 heterocycles. The van der Waals surface area contributed by atoms with Crippen LogP contribution in [0.5, 0.6) is 0 Å². The van der Waals surface area contributed by atoms with Crippen molar-refractivity contribution in [2.75, 3.05) is 26.4 Å². The maximum Gasteiger partial charge on any atom is 0.310 e. The lowest BCUT2D eigenvalue weighted by atomic mass is 9.83. The zero-order chi connectivity index (χ0) is 13.8. The molecule has 106 valence electrons. The molecule has 0 spiro atoms. The highest BCUT2D eigenvalue weighted by atomic mass is 16.5. The summed E-state index contributed by atoms with van der Waals surface area (Å²) >= 11 is 0. The minimum atomic E-state index is -0.534. The van der Waals surface area contributed by atoms with E-state index in [1.807, 2.05) is 12.2 Å². The standard InChI is InChI=1S/C13H18O6/c14-3-5-18-12(16)10-8-1-2-9(7-8)11(10)13(17)19-6-4-15/h1-2,8-11,14-15H,3-7H2. The second-order valence-electron chi connectivity index (χ2n) is 4.78. The lowest BCUT2D eigenvalue weighted by Gasteiger charge is -2.24. The van der Waals surface area contributed by atoms with Gasteiger partial charge in [0.05, 0.1) is 25.0 Å².